The SMILES string of the molecule is Cn1cncc1C=CCO. The number of aliphatic hydroxyl groups is 1. The van der Waals surface area contributed by atoms with E-state index in [1.165, 1.54) is 0 Å². The van der Waals surface area contributed by atoms with E-state index in [0.29, 0.717) is 0 Å². The van der Waals surface area contributed by atoms with Gasteiger partial charge in [-0.1, -0.05) is 6.08 Å². The molecule has 0 fully saturated rings. The smallest absolute Gasteiger partial charge is 0.0948 e. The van der Waals surface area contributed by atoms with Crippen LogP contribution in [0.5, 0.6) is 0 Å². The topological polar surface area (TPSA) is 38.0 Å². The van der Waals surface area contributed by atoms with Gasteiger partial charge in [-0.3, -0.25) is 0 Å². The molecule has 54 valence electrons. The van der Waals surface area contributed by atoms with Crippen LogP contribution in [0.25, 0.3) is 6.08 Å². The van der Waals surface area contributed by atoms with Gasteiger partial charge in [0.05, 0.1) is 24.8 Å². The van der Waals surface area contributed by atoms with Gasteiger partial charge in [0.2, 0.25) is 0 Å². The molecule has 0 aliphatic rings. The van der Waals surface area contributed by atoms with Gasteiger partial charge in [-0.2, -0.15) is 0 Å². The molecule has 0 unspecified atom stereocenters. The van der Waals surface area contributed by atoms with Crippen molar-refractivity contribution in [2.75, 3.05) is 6.61 Å². The van der Waals surface area contributed by atoms with Crippen LogP contribution in [-0.2, 0) is 7.05 Å². The van der Waals surface area contributed by atoms with Gasteiger partial charge in [-0.05, 0) is 6.08 Å². The Kier molecular flexibility index (Phi) is 2.23. The molecule has 1 N–H and O–H groups in total. The third kappa shape index (κ3) is 1.45. The average molecular weight is 138 g/mol. The first kappa shape index (κ1) is 7.02. The van der Waals surface area contributed by atoms with Gasteiger partial charge < -0.3 is 9.67 Å². The molecule has 0 saturated carbocycles. The third-order valence-corrected chi connectivity index (χ3v) is 1.25. The Bertz CT molecular complexity index is 227. The van der Waals surface area contributed by atoms with Gasteiger partial charge in [0.15, 0.2) is 0 Å². The van der Waals surface area contributed by atoms with E-state index in [2.05, 4.69) is 4.98 Å². The van der Waals surface area contributed by atoms with E-state index in [-0.39, 0.29) is 6.61 Å². The molecular formula is C7H10N2O. The van der Waals surface area contributed by atoms with E-state index in [9.17, 15) is 0 Å². The number of aryl methyl sites for hydroxylation is 1. The highest BCUT2D eigenvalue weighted by atomic mass is 16.2. The van der Waals surface area contributed by atoms with Crippen molar-refractivity contribution in [2.45, 2.75) is 0 Å². The molecule has 0 bridgehead atoms. The summed E-state index contributed by atoms with van der Waals surface area (Å²) in [6, 6.07) is 0. The van der Waals surface area contributed by atoms with Gasteiger partial charge in [-0.15, -0.1) is 0 Å². The van der Waals surface area contributed by atoms with E-state index >= 15 is 0 Å². The van der Waals surface area contributed by atoms with Crippen molar-refractivity contribution in [3.8, 4) is 0 Å². The molecule has 3 heteroatoms. The summed E-state index contributed by atoms with van der Waals surface area (Å²) in [5.41, 5.74) is 0.994. The van der Waals surface area contributed by atoms with Crippen LogP contribution in [0.3, 0.4) is 0 Å². The summed E-state index contributed by atoms with van der Waals surface area (Å²) in [4.78, 5) is 3.90. The van der Waals surface area contributed by atoms with Crippen LogP contribution >= 0.6 is 0 Å². The van der Waals surface area contributed by atoms with Crippen LogP contribution in [-0.4, -0.2) is 21.3 Å². The fourth-order valence-electron chi connectivity index (χ4n) is 0.701. The van der Waals surface area contributed by atoms with Crippen LogP contribution in [0, 0.1) is 0 Å². The molecular weight excluding hydrogens is 128 g/mol. The van der Waals surface area contributed by atoms with Crippen molar-refractivity contribution in [1.82, 2.24) is 9.55 Å². The number of nitrogens with zero attached hydrogens (tertiary/aromatic N) is 2. The zero-order chi connectivity index (χ0) is 7.40. The Hall–Kier alpha value is -1.09. The Balaban J connectivity index is 2.74. The Morgan fingerprint density at radius 3 is 3.10 bits per heavy atom. The second kappa shape index (κ2) is 3.17. The van der Waals surface area contributed by atoms with E-state index in [1.807, 2.05) is 17.7 Å². The number of imidazole rings is 1. The van der Waals surface area contributed by atoms with Gasteiger partial charge in [-0.25, -0.2) is 4.98 Å². The molecule has 1 heterocycles. The monoisotopic (exact) mass is 138 g/mol. The maximum atomic E-state index is 8.44. The van der Waals surface area contributed by atoms with Crippen molar-refractivity contribution in [3.05, 3.63) is 24.3 Å². The summed E-state index contributed by atoms with van der Waals surface area (Å²) in [7, 11) is 1.91. The molecule has 0 aliphatic carbocycles. The molecule has 1 rings (SSSR count). The van der Waals surface area contributed by atoms with E-state index in [1.54, 1.807) is 18.6 Å². The largest absolute Gasteiger partial charge is 0.392 e. The van der Waals surface area contributed by atoms with E-state index in [0.717, 1.165) is 5.69 Å². The van der Waals surface area contributed by atoms with Crippen LogP contribution in [0.2, 0.25) is 0 Å². The summed E-state index contributed by atoms with van der Waals surface area (Å²) in [6.45, 7) is 0.0746. The highest BCUT2D eigenvalue weighted by Gasteiger charge is 1.88. The lowest BCUT2D eigenvalue weighted by Gasteiger charge is -1.91. The summed E-state index contributed by atoms with van der Waals surface area (Å²) in [5, 5.41) is 8.44. The standard InChI is InChI=1S/C7H10N2O/c1-9-6-8-5-7(9)3-2-4-10/h2-3,5-6,10H,4H2,1H3. The molecule has 10 heavy (non-hydrogen) atoms. The molecule has 0 aromatic carbocycles. The average Bonchev–Trinajstić information content (AvgIpc) is 2.31. The van der Waals surface area contributed by atoms with Crippen LogP contribution in [0.15, 0.2) is 18.6 Å². The van der Waals surface area contributed by atoms with Gasteiger partial charge in [0.25, 0.3) is 0 Å². The van der Waals surface area contributed by atoms with Crippen molar-refractivity contribution < 1.29 is 5.11 Å². The maximum Gasteiger partial charge on any atom is 0.0948 e. The number of hydrogen-bond acceptors (Lipinski definition) is 2. The quantitative estimate of drug-likeness (QED) is 0.643. The Morgan fingerprint density at radius 1 is 1.80 bits per heavy atom. The van der Waals surface area contributed by atoms with E-state index in [4.69, 9.17) is 5.11 Å². The Morgan fingerprint density at radius 2 is 2.60 bits per heavy atom. The fourth-order valence-corrected chi connectivity index (χ4v) is 0.701. The normalized spacial score (nSPS) is 11.0. The first-order valence-electron chi connectivity index (χ1n) is 3.08. The summed E-state index contributed by atoms with van der Waals surface area (Å²) in [5.74, 6) is 0. The second-order valence-corrected chi connectivity index (χ2v) is 2.01. The molecule has 1 aromatic heterocycles. The second-order valence-electron chi connectivity index (χ2n) is 2.01. The molecule has 1 aromatic rings. The number of rotatable bonds is 2. The molecule has 0 spiro atoms. The summed E-state index contributed by atoms with van der Waals surface area (Å²) < 4.78 is 1.88. The molecule has 3 nitrogen and oxygen atoms in total. The minimum absolute atomic E-state index is 0.0746. The Labute approximate surface area is 59.6 Å². The van der Waals surface area contributed by atoms with Gasteiger partial charge in [0.1, 0.15) is 0 Å². The van der Waals surface area contributed by atoms with E-state index < -0.39 is 0 Å². The minimum Gasteiger partial charge on any atom is -0.392 e. The summed E-state index contributed by atoms with van der Waals surface area (Å²) >= 11 is 0. The maximum absolute atomic E-state index is 8.44. The first-order chi connectivity index (χ1) is 4.84. The van der Waals surface area contributed by atoms with Crippen LogP contribution in [0.4, 0.5) is 0 Å². The lowest BCUT2D eigenvalue weighted by molar-refractivity contribution is 0.343. The van der Waals surface area contributed by atoms with Crippen LogP contribution in [0.1, 0.15) is 5.69 Å². The molecule has 0 atom stereocenters. The molecule has 0 amide bonds. The predicted molar refractivity (Wildman–Crippen MR) is 39.3 cm³/mol. The van der Waals surface area contributed by atoms with Crippen molar-refractivity contribution in [1.29, 1.82) is 0 Å². The summed E-state index contributed by atoms with van der Waals surface area (Å²) in [6.07, 6.45) is 6.97. The zero-order valence-corrected chi connectivity index (χ0v) is 5.86. The third-order valence-electron chi connectivity index (χ3n) is 1.25. The van der Waals surface area contributed by atoms with Gasteiger partial charge in [0, 0.05) is 7.05 Å². The predicted octanol–water partition coefficient (Wildman–Crippen LogP) is 0.426. The van der Waals surface area contributed by atoms with Crippen LogP contribution < -0.4 is 0 Å². The number of aliphatic hydroxyl groups excluding tert-OH is 1. The number of hydrogen-bond donors (Lipinski definition) is 1. The molecule has 0 aliphatic heterocycles. The van der Waals surface area contributed by atoms with Crippen molar-refractivity contribution in [3.63, 3.8) is 0 Å². The first-order valence-corrected chi connectivity index (χ1v) is 3.08. The highest BCUT2D eigenvalue weighted by Crippen LogP contribution is 1.97. The number of aromatic nitrogens is 2. The highest BCUT2D eigenvalue weighted by molar-refractivity contribution is 5.43. The van der Waals surface area contributed by atoms with Gasteiger partial charge >= 0.3 is 0 Å². The molecule has 0 saturated heterocycles. The fraction of sp³-hybridized carbons (Fsp3) is 0.286. The zero-order valence-electron chi connectivity index (χ0n) is 5.86. The molecule has 0 radical (unpaired) electrons. The lowest BCUT2D eigenvalue weighted by atomic mass is 10.4. The van der Waals surface area contributed by atoms with Crippen molar-refractivity contribution in [2.24, 2.45) is 7.05 Å². The van der Waals surface area contributed by atoms with Crippen molar-refractivity contribution >= 4 is 6.08 Å². The lowest BCUT2D eigenvalue weighted by Crippen LogP contribution is -1.87. The minimum atomic E-state index is 0.0746.